The van der Waals surface area contributed by atoms with Crippen LogP contribution in [0.3, 0.4) is 0 Å². The fourth-order valence-electron chi connectivity index (χ4n) is 4.23. The molecule has 3 aromatic rings. The van der Waals surface area contributed by atoms with Crippen LogP contribution >= 0.6 is 0 Å². The van der Waals surface area contributed by atoms with E-state index < -0.39 is 15.6 Å². The summed E-state index contributed by atoms with van der Waals surface area (Å²) in [4.78, 5) is 15.6. The van der Waals surface area contributed by atoms with Crippen molar-refractivity contribution in [1.82, 2.24) is 29.1 Å². The summed E-state index contributed by atoms with van der Waals surface area (Å²) < 4.78 is 34.8. The SMILES string of the molecule is CCOc1ccc(S(=O)(=O)N(CC)CC)cc1-c1nn2c(C3CCCC3)nnc2c(=O)[nH]1. The number of aromatic nitrogens is 5. The highest BCUT2D eigenvalue weighted by atomic mass is 32.2. The highest BCUT2D eigenvalue weighted by Gasteiger charge is 2.26. The number of fused-ring (bicyclic) bond motifs is 1. The van der Waals surface area contributed by atoms with Crippen LogP contribution in [0.4, 0.5) is 0 Å². The largest absolute Gasteiger partial charge is 0.493 e. The molecule has 4 rings (SSSR count). The molecule has 172 valence electrons. The van der Waals surface area contributed by atoms with E-state index in [9.17, 15) is 13.2 Å². The molecule has 1 fully saturated rings. The van der Waals surface area contributed by atoms with Crippen LogP contribution in [-0.4, -0.2) is 57.2 Å². The monoisotopic (exact) mass is 460 g/mol. The standard InChI is InChI=1S/C21H28N6O4S/c1-4-26(5-2)32(29,30)15-11-12-17(31-6-3)16(13-15)18-22-21(28)20-24-23-19(27(20)25-18)14-9-7-8-10-14/h11-14H,4-10H2,1-3H3,(H,22,25,28). The number of H-pyrrole nitrogens is 1. The number of benzene rings is 1. The fourth-order valence-corrected chi connectivity index (χ4v) is 5.71. The van der Waals surface area contributed by atoms with Crippen LogP contribution in [0.1, 0.15) is 58.2 Å². The number of hydrogen-bond donors (Lipinski definition) is 1. The Hall–Kier alpha value is -2.79. The van der Waals surface area contributed by atoms with Gasteiger partial charge in [0.2, 0.25) is 15.7 Å². The first kappa shape index (κ1) is 22.4. The molecule has 0 radical (unpaired) electrons. The van der Waals surface area contributed by atoms with E-state index in [1.54, 1.807) is 19.9 Å². The molecule has 1 saturated carbocycles. The van der Waals surface area contributed by atoms with Crippen LogP contribution in [0.15, 0.2) is 27.9 Å². The van der Waals surface area contributed by atoms with E-state index in [0.717, 1.165) is 25.7 Å². The molecule has 10 nitrogen and oxygen atoms in total. The minimum absolute atomic E-state index is 0.113. The third-order valence-corrected chi connectivity index (χ3v) is 7.92. The van der Waals surface area contributed by atoms with Gasteiger partial charge < -0.3 is 9.72 Å². The normalized spacial score (nSPS) is 15.1. The smallest absolute Gasteiger partial charge is 0.296 e. The van der Waals surface area contributed by atoms with Gasteiger partial charge in [0.15, 0.2) is 11.6 Å². The van der Waals surface area contributed by atoms with E-state index in [-0.39, 0.29) is 22.3 Å². The summed E-state index contributed by atoms with van der Waals surface area (Å²) in [5, 5.41) is 12.9. The molecule has 32 heavy (non-hydrogen) atoms. The second-order valence-corrected chi connectivity index (χ2v) is 9.70. The minimum Gasteiger partial charge on any atom is -0.493 e. The van der Waals surface area contributed by atoms with Crippen LogP contribution in [0.5, 0.6) is 5.75 Å². The van der Waals surface area contributed by atoms with E-state index in [2.05, 4.69) is 20.3 Å². The lowest BCUT2D eigenvalue weighted by molar-refractivity contribution is 0.341. The van der Waals surface area contributed by atoms with Gasteiger partial charge in [0.05, 0.1) is 17.1 Å². The average molecular weight is 461 g/mol. The first-order chi connectivity index (χ1) is 15.4. The molecule has 0 spiro atoms. The van der Waals surface area contributed by atoms with Crippen molar-refractivity contribution < 1.29 is 13.2 Å². The van der Waals surface area contributed by atoms with E-state index in [0.29, 0.717) is 36.8 Å². The number of nitrogens with zero attached hydrogens (tertiary/aromatic N) is 5. The number of nitrogens with one attached hydrogen (secondary N) is 1. The predicted molar refractivity (Wildman–Crippen MR) is 119 cm³/mol. The molecule has 0 aliphatic heterocycles. The van der Waals surface area contributed by atoms with Crippen molar-refractivity contribution in [2.24, 2.45) is 0 Å². The van der Waals surface area contributed by atoms with Gasteiger partial charge in [-0.25, -0.2) is 8.42 Å². The summed E-state index contributed by atoms with van der Waals surface area (Å²) in [5.74, 6) is 1.51. The summed E-state index contributed by atoms with van der Waals surface area (Å²) in [6.45, 7) is 6.51. The highest BCUT2D eigenvalue weighted by molar-refractivity contribution is 7.89. The molecule has 2 heterocycles. The van der Waals surface area contributed by atoms with Crippen LogP contribution in [0, 0.1) is 0 Å². The minimum atomic E-state index is -3.70. The van der Waals surface area contributed by atoms with Crippen LogP contribution in [-0.2, 0) is 10.0 Å². The molecular formula is C21H28N6O4S. The fraction of sp³-hybridized carbons (Fsp3) is 0.524. The third kappa shape index (κ3) is 3.90. The van der Waals surface area contributed by atoms with E-state index >= 15 is 0 Å². The summed E-state index contributed by atoms with van der Waals surface area (Å²) in [5.41, 5.74) is 0.0804. The first-order valence-electron chi connectivity index (χ1n) is 11.0. The molecule has 0 saturated heterocycles. The second-order valence-electron chi connectivity index (χ2n) is 7.76. The number of hydrogen-bond acceptors (Lipinski definition) is 7. The van der Waals surface area contributed by atoms with Gasteiger partial charge in [-0.2, -0.15) is 8.82 Å². The second kappa shape index (κ2) is 8.99. The number of aromatic amines is 1. The van der Waals surface area contributed by atoms with Crippen molar-refractivity contribution >= 4 is 15.7 Å². The lowest BCUT2D eigenvalue weighted by Crippen LogP contribution is -2.30. The van der Waals surface area contributed by atoms with Crippen molar-refractivity contribution in [3.8, 4) is 17.1 Å². The van der Waals surface area contributed by atoms with Crippen molar-refractivity contribution in [3.05, 3.63) is 34.4 Å². The van der Waals surface area contributed by atoms with Crippen LogP contribution in [0.25, 0.3) is 17.0 Å². The molecular weight excluding hydrogens is 432 g/mol. The van der Waals surface area contributed by atoms with Crippen LogP contribution < -0.4 is 10.3 Å². The van der Waals surface area contributed by atoms with Crippen molar-refractivity contribution in [3.63, 3.8) is 0 Å². The molecule has 0 bridgehead atoms. The summed E-state index contributed by atoms with van der Waals surface area (Å²) in [6, 6.07) is 4.62. The molecule has 0 amide bonds. The topological polar surface area (TPSA) is 123 Å². The first-order valence-corrected chi connectivity index (χ1v) is 12.5. The molecule has 1 N–H and O–H groups in total. The maximum absolute atomic E-state index is 13.1. The van der Waals surface area contributed by atoms with Gasteiger partial charge in [-0.15, -0.1) is 15.3 Å². The Morgan fingerprint density at radius 3 is 2.53 bits per heavy atom. The third-order valence-electron chi connectivity index (χ3n) is 5.87. The van der Waals surface area contributed by atoms with Crippen molar-refractivity contribution in [2.45, 2.75) is 57.3 Å². The van der Waals surface area contributed by atoms with Gasteiger partial charge >= 0.3 is 0 Å². The molecule has 1 aliphatic carbocycles. The van der Waals surface area contributed by atoms with E-state index in [4.69, 9.17) is 4.74 Å². The zero-order chi connectivity index (χ0) is 22.9. The maximum atomic E-state index is 13.1. The number of ether oxygens (including phenoxy) is 1. The van der Waals surface area contributed by atoms with E-state index in [1.807, 2.05) is 6.92 Å². The van der Waals surface area contributed by atoms with Gasteiger partial charge in [0.25, 0.3) is 5.56 Å². The molecule has 0 atom stereocenters. The van der Waals surface area contributed by atoms with Gasteiger partial charge in [-0.05, 0) is 38.0 Å². The van der Waals surface area contributed by atoms with Gasteiger partial charge in [-0.1, -0.05) is 26.7 Å². The Bertz CT molecular complexity index is 1270. The van der Waals surface area contributed by atoms with Crippen molar-refractivity contribution in [2.75, 3.05) is 19.7 Å². The van der Waals surface area contributed by atoms with Crippen LogP contribution in [0.2, 0.25) is 0 Å². The Morgan fingerprint density at radius 1 is 1.16 bits per heavy atom. The summed E-state index contributed by atoms with van der Waals surface area (Å²) in [7, 11) is -3.70. The molecule has 1 aliphatic rings. The molecule has 11 heteroatoms. The van der Waals surface area contributed by atoms with Crippen molar-refractivity contribution in [1.29, 1.82) is 0 Å². The molecule has 0 unspecified atom stereocenters. The Balaban J connectivity index is 1.89. The molecule has 2 aromatic heterocycles. The summed E-state index contributed by atoms with van der Waals surface area (Å²) in [6.07, 6.45) is 4.17. The quantitative estimate of drug-likeness (QED) is 0.548. The zero-order valence-electron chi connectivity index (χ0n) is 18.5. The maximum Gasteiger partial charge on any atom is 0.296 e. The lowest BCUT2D eigenvalue weighted by atomic mass is 10.1. The Morgan fingerprint density at radius 2 is 1.88 bits per heavy atom. The summed E-state index contributed by atoms with van der Waals surface area (Å²) >= 11 is 0. The Labute approximate surface area is 186 Å². The number of rotatable bonds is 8. The van der Waals surface area contributed by atoms with Gasteiger partial charge in [0.1, 0.15) is 5.75 Å². The van der Waals surface area contributed by atoms with Gasteiger partial charge in [-0.3, -0.25) is 4.79 Å². The van der Waals surface area contributed by atoms with Gasteiger partial charge in [0, 0.05) is 19.0 Å². The predicted octanol–water partition coefficient (Wildman–Crippen LogP) is 2.57. The van der Waals surface area contributed by atoms with E-state index in [1.165, 1.54) is 21.0 Å². The Kier molecular flexibility index (Phi) is 6.29. The molecule has 1 aromatic carbocycles. The zero-order valence-corrected chi connectivity index (χ0v) is 19.4. The average Bonchev–Trinajstić information content (AvgIpc) is 3.44. The highest BCUT2D eigenvalue weighted by Crippen LogP contribution is 2.34. The lowest BCUT2D eigenvalue weighted by Gasteiger charge is -2.19. The number of sulfonamides is 1.